The first kappa shape index (κ1) is 15.0. The number of nitrogens with one attached hydrogen (secondary N) is 1. The Hall–Kier alpha value is -1.39. The van der Waals surface area contributed by atoms with Crippen molar-refractivity contribution < 1.29 is 4.39 Å². The van der Waals surface area contributed by atoms with Gasteiger partial charge in [-0.05, 0) is 64.7 Å². The van der Waals surface area contributed by atoms with Gasteiger partial charge in [0.1, 0.15) is 5.82 Å². The van der Waals surface area contributed by atoms with Crippen LogP contribution in [0, 0.1) is 19.7 Å². The Kier molecular flexibility index (Phi) is 4.78. The van der Waals surface area contributed by atoms with Crippen LogP contribution in [0.4, 0.5) is 10.1 Å². The molecule has 0 aliphatic heterocycles. The minimum Gasteiger partial charge on any atom is -0.377 e. The predicted molar refractivity (Wildman–Crippen MR) is 85.4 cm³/mol. The fraction of sp³-hybridized carbons (Fsp3) is 0.250. The van der Waals surface area contributed by atoms with Crippen LogP contribution in [-0.4, -0.2) is 6.54 Å². The first-order valence-electron chi connectivity index (χ1n) is 6.50. The number of hydrogen-bond donors (Lipinski definition) is 2. The zero-order valence-corrected chi connectivity index (χ0v) is 13.2. The Morgan fingerprint density at radius 3 is 2.65 bits per heavy atom. The minimum atomic E-state index is -0.272. The molecule has 0 amide bonds. The van der Waals surface area contributed by atoms with Crippen molar-refractivity contribution in [1.82, 2.24) is 0 Å². The van der Waals surface area contributed by atoms with Crippen LogP contribution in [0.3, 0.4) is 0 Å². The highest BCUT2D eigenvalue weighted by atomic mass is 79.9. The Labute approximate surface area is 127 Å². The summed E-state index contributed by atoms with van der Waals surface area (Å²) in [6.45, 7) is 4.65. The van der Waals surface area contributed by atoms with E-state index in [0.29, 0.717) is 11.0 Å². The van der Waals surface area contributed by atoms with Gasteiger partial charge >= 0.3 is 0 Å². The SMILES string of the molecule is Cc1cccc(C(CN)Nc2ccc(F)c(Br)c2)c1C. The van der Waals surface area contributed by atoms with Crippen LogP contribution < -0.4 is 11.1 Å². The lowest BCUT2D eigenvalue weighted by Crippen LogP contribution is -2.21. The molecular weight excluding hydrogens is 319 g/mol. The number of anilines is 1. The molecule has 0 heterocycles. The second-order valence-corrected chi connectivity index (χ2v) is 5.70. The van der Waals surface area contributed by atoms with Gasteiger partial charge in [0.25, 0.3) is 0 Å². The van der Waals surface area contributed by atoms with Crippen molar-refractivity contribution in [3.05, 3.63) is 63.4 Å². The van der Waals surface area contributed by atoms with Gasteiger partial charge in [0.15, 0.2) is 0 Å². The van der Waals surface area contributed by atoms with Gasteiger partial charge in [-0.1, -0.05) is 18.2 Å². The van der Waals surface area contributed by atoms with Crippen molar-refractivity contribution in [1.29, 1.82) is 0 Å². The fourth-order valence-electron chi connectivity index (χ4n) is 2.20. The van der Waals surface area contributed by atoms with Crippen molar-refractivity contribution in [3.8, 4) is 0 Å². The third-order valence-corrected chi connectivity index (χ3v) is 4.13. The zero-order valence-electron chi connectivity index (χ0n) is 11.6. The van der Waals surface area contributed by atoms with E-state index in [4.69, 9.17) is 5.73 Å². The van der Waals surface area contributed by atoms with Gasteiger partial charge in [-0.25, -0.2) is 4.39 Å². The molecule has 0 fully saturated rings. The molecule has 0 bridgehead atoms. The van der Waals surface area contributed by atoms with Gasteiger partial charge in [0.05, 0.1) is 10.5 Å². The minimum absolute atomic E-state index is 0.00672. The molecule has 4 heteroatoms. The highest BCUT2D eigenvalue weighted by molar-refractivity contribution is 9.10. The summed E-state index contributed by atoms with van der Waals surface area (Å²) in [6, 6.07) is 11.1. The first-order chi connectivity index (χ1) is 9.52. The largest absolute Gasteiger partial charge is 0.377 e. The van der Waals surface area contributed by atoms with Gasteiger partial charge in [-0.2, -0.15) is 0 Å². The lowest BCUT2D eigenvalue weighted by Gasteiger charge is -2.21. The van der Waals surface area contributed by atoms with E-state index in [9.17, 15) is 4.39 Å². The molecule has 106 valence electrons. The van der Waals surface area contributed by atoms with Gasteiger partial charge in [0.2, 0.25) is 0 Å². The Balaban J connectivity index is 2.28. The van der Waals surface area contributed by atoms with E-state index in [0.717, 1.165) is 5.69 Å². The van der Waals surface area contributed by atoms with Gasteiger partial charge in [-0.3, -0.25) is 0 Å². The molecule has 0 aliphatic rings. The first-order valence-corrected chi connectivity index (χ1v) is 7.30. The third kappa shape index (κ3) is 3.19. The maximum absolute atomic E-state index is 13.3. The van der Waals surface area contributed by atoms with Gasteiger partial charge < -0.3 is 11.1 Å². The Morgan fingerprint density at radius 1 is 1.25 bits per heavy atom. The summed E-state index contributed by atoms with van der Waals surface area (Å²) in [4.78, 5) is 0. The van der Waals surface area contributed by atoms with Crippen molar-refractivity contribution in [2.75, 3.05) is 11.9 Å². The summed E-state index contributed by atoms with van der Waals surface area (Å²) >= 11 is 3.19. The van der Waals surface area contributed by atoms with E-state index in [-0.39, 0.29) is 11.9 Å². The maximum atomic E-state index is 13.3. The molecule has 1 unspecified atom stereocenters. The van der Waals surface area contributed by atoms with Crippen LogP contribution in [0.1, 0.15) is 22.7 Å². The number of benzene rings is 2. The van der Waals surface area contributed by atoms with Crippen LogP contribution in [0.2, 0.25) is 0 Å². The Bertz CT molecular complexity index is 613. The highest BCUT2D eigenvalue weighted by Crippen LogP contribution is 2.26. The normalized spacial score (nSPS) is 12.2. The van der Waals surface area contributed by atoms with Crippen molar-refractivity contribution in [2.45, 2.75) is 19.9 Å². The molecule has 3 N–H and O–H groups in total. The van der Waals surface area contributed by atoms with E-state index in [1.54, 1.807) is 12.1 Å². The summed E-state index contributed by atoms with van der Waals surface area (Å²) in [5, 5.41) is 3.36. The summed E-state index contributed by atoms with van der Waals surface area (Å²) in [6.07, 6.45) is 0. The monoisotopic (exact) mass is 336 g/mol. The summed E-state index contributed by atoms with van der Waals surface area (Å²) < 4.78 is 13.7. The lowest BCUT2D eigenvalue weighted by molar-refractivity contribution is 0.621. The number of aryl methyl sites for hydroxylation is 1. The van der Waals surface area contributed by atoms with E-state index in [2.05, 4.69) is 47.2 Å². The highest BCUT2D eigenvalue weighted by Gasteiger charge is 2.13. The average molecular weight is 337 g/mol. The topological polar surface area (TPSA) is 38.0 Å². The van der Waals surface area contributed by atoms with Crippen molar-refractivity contribution in [3.63, 3.8) is 0 Å². The van der Waals surface area contributed by atoms with E-state index >= 15 is 0 Å². The fourth-order valence-corrected chi connectivity index (χ4v) is 2.58. The molecule has 0 radical (unpaired) electrons. The summed E-state index contributed by atoms with van der Waals surface area (Å²) in [7, 11) is 0. The lowest BCUT2D eigenvalue weighted by atomic mass is 9.97. The number of halogens is 2. The molecule has 2 nitrogen and oxygen atoms in total. The van der Waals surface area contributed by atoms with Crippen molar-refractivity contribution >= 4 is 21.6 Å². The summed E-state index contributed by atoms with van der Waals surface area (Å²) in [5.74, 6) is -0.272. The van der Waals surface area contributed by atoms with Crippen LogP contribution >= 0.6 is 15.9 Å². The van der Waals surface area contributed by atoms with E-state index < -0.39 is 0 Å². The second kappa shape index (κ2) is 6.37. The van der Waals surface area contributed by atoms with E-state index in [1.165, 1.54) is 22.8 Å². The second-order valence-electron chi connectivity index (χ2n) is 4.85. The van der Waals surface area contributed by atoms with Crippen LogP contribution in [0.15, 0.2) is 40.9 Å². The predicted octanol–water partition coefficient (Wildman–Crippen LogP) is 4.32. The number of rotatable bonds is 4. The third-order valence-electron chi connectivity index (χ3n) is 3.52. The number of nitrogens with two attached hydrogens (primary N) is 1. The molecule has 2 rings (SSSR count). The zero-order chi connectivity index (χ0) is 14.7. The standard InChI is InChI=1S/C16H18BrFN2/c1-10-4-3-5-13(11(10)2)16(9-19)20-12-6-7-15(18)14(17)8-12/h3-8,16,20H,9,19H2,1-2H3. The maximum Gasteiger partial charge on any atom is 0.137 e. The van der Waals surface area contributed by atoms with Crippen LogP contribution in [0.25, 0.3) is 0 Å². The molecule has 20 heavy (non-hydrogen) atoms. The number of hydrogen-bond acceptors (Lipinski definition) is 2. The molecule has 0 saturated carbocycles. The summed E-state index contributed by atoms with van der Waals surface area (Å²) in [5.41, 5.74) is 10.4. The smallest absolute Gasteiger partial charge is 0.137 e. The van der Waals surface area contributed by atoms with Gasteiger partial charge in [0, 0.05) is 12.2 Å². The average Bonchev–Trinajstić information content (AvgIpc) is 2.43. The Morgan fingerprint density at radius 2 is 2.00 bits per heavy atom. The molecule has 2 aromatic carbocycles. The molecule has 0 aliphatic carbocycles. The molecule has 0 aromatic heterocycles. The van der Waals surface area contributed by atoms with Crippen LogP contribution in [0.5, 0.6) is 0 Å². The van der Waals surface area contributed by atoms with E-state index in [1.807, 2.05) is 6.07 Å². The van der Waals surface area contributed by atoms with Crippen LogP contribution in [-0.2, 0) is 0 Å². The van der Waals surface area contributed by atoms with Gasteiger partial charge in [-0.15, -0.1) is 0 Å². The quantitative estimate of drug-likeness (QED) is 0.872. The molecular formula is C16H18BrFN2. The van der Waals surface area contributed by atoms with Crippen molar-refractivity contribution in [2.24, 2.45) is 5.73 Å². The molecule has 0 spiro atoms. The molecule has 0 saturated heterocycles. The molecule has 1 atom stereocenters. The molecule has 2 aromatic rings.